The Morgan fingerprint density at radius 2 is 1.04 bits per heavy atom. The zero-order valence-corrected chi connectivity index (χ0v) is 15.4. The Bertz CT molecular complexity index is 822. The predicted molar refractivity (Wildman–Crippen MR) is 79.8 cm³/mol. The minimum atomic E-state index is -5.17. The van der Waals surface area contributed by atoms with E-state index in [1.165, 1.54) is 0 Å². The highest BCUT2D eigenvalue weighted by Gasteiger charge is 2.39. The molecular formula is C14H4Br2F10O. The number of hydrogen-bond acceptors (Lipinski definition) is 1. The van der Waals surface area contributed by atoms with Crippen LogP contribution < -0.4 is 0 Å². The highest BCUT2D eigenvalue weighted by molar-refractivity contribution is 9.10. The van der Waals surface area contributed by atoms with Crippen LogP contribution >= 0.6 is 31.9 Å². The molecule has 0 amide bonds. The first-order valence-corrected chi connectivity index (χ1v) is 7.81. The molecule has 2 rings (SSSR count). The SMILES string of the molecule is Fc1cc(Br)cc(F)c1C(F)(F)F.Oc1c(Br)cc(F)c(C(F)(F)F)c1F. The average Bonchev–Trinajstić information content (AvgIpc) is 2.41. The van der Waals surface area contributed by atoms with E-state index in [9.17, 15) is 43.9 Å². The molecule has 0 unspecified atom stereocenters. The first-order valence-electron chi connectivity index (χ1n) is 6.22. The van der Waals surface area contributed by atoms with Crippen molar-refractivity contribution in [3.05, 3.63) is 61.5 Å². The van der Waals surface area contributed by atoms with Gasteiger partial charge in [0.15, 0.2) is 11.6 Å². The van der Waals surface area contributed by atoms with Gasteiger partial charge in [0, 0.05) is 4.47 Å². The molecule has 0 fully saturated rings. The summed E-state index contributed by atoms with van der Waals surface area (Å²) < 4.78 is 122. The van der Waals surface area contributed by atoms with E-state index >= 15 is 0 Å². The monoisotopic (exact) mass is 536 g/mol. The quantitative estimate of drug-likeness (QED) is 0.352. The summed E-state index contributed by atoms with van der Waals surface area (Å²) in [5, 5.41) is 8.79. The molecule has 0 aliphatic carbocycles. The van der Waals surface area contributed by atoms with E-state index in [1.54, 1.807) is 0 Å². The van der Waals surface area contributed by atoms with Gasteiger partial charge in [-0.05, 0) is 34.1 Å². The molecule has 0 aliphatic rings. The van der Waals surface area contributed by atoms with Crippen molar-refractivity contribution >= 4 is 31.9 Å². The number of rotatable bonds is 0. The maximum Gasteiger partial charge on any atom is 0.422 e. The summed E-state index contributed by atoms with van der Waals surface area (Å²) in [5.41, 5.74) is -3.96. The van der Waals surface area contributed by atoms with Gasteiger partial charge in [0.2, 0.25) is 0 Å². The van der Waals surface area contributed by atoms with Gasteiger partial charge in [-0.2, -0.15) is 26.3 Å². The lowest BCUT2D eigenvalue weighted by molar-refractivity contribution is -0.143. The van der Waals surface area contributed by atoms with Crippen molar-refractivity contribution in [1.29, 1.82) is 0 Å². The molecule has 1 N–H and O–H groups in total. The van der Waals surface area contributed by atoms with Crippen LogP contribution in [0.3, 0.4) is 0 Å². The third-order valence-electron chi connectivity index (χ3n) is 2.72. The van der Waals surface area contributed by atoms with Gasteiger partial charge in [-0.1, -0.05) is 15.9 Å². The second-order valence-electron chi connectivity index (χ2n) is 4.62. The van der Waals surface area contributed by atoms with Crippen LogP contribution in [0.15, 0.2) is 27.1 Å². The smallest absolute Gasteiger partial charge is 0.422 e. The fourth-order valence-electron chi connectivity index (χ4n) is 1.65. The number of aromatic hydroxyl groups is 1. The summed E-state index contributed by atoms with van der Waals surface area (Å²) in [6.07, 6.45) is -10.2. The van der Waals surface area contributed by atoms with E-state index in [2.05, 4.69) is 31.9 Å². The second kappa shape index (κ2) is 8.25. The number of benzene rings is 2. The lowest BCUT2D eigenvalue weighted by Gasteiger charge is -2.10. The van der Waals surface area contributed by atoms with Crippen molar-refractivity contribution < 1.29 is 49.0 Å². The molecule has 150 valence electrons. The molecule has 0 radical (unpaired) electrons. The van der Waals surface area contributed by atoms with Crippen molar-refractivity contribution in [2.24, 2.45) is 0 Å². The average molecular weight is 538 g/mol. The van der Waals surface area contributed by atoms with Crippen molar-refractivity contribution in [3.63, 3.8) is 0 Å². The number of phenolic OH excluding ortho intramolecular Hbond substituents is 1. The molecule has 2 aromatic carbocycles. The lowest BCUT2D eigenvalue weighted by Crippen LogP contribution is -2.11. The molecule has 0 bridgehead atoms. The molecule has 27 heavy (non-hydrogen) atoms. The second-order valence-corrected chi connectivity index (χ2v) is 6.39. The van der Waals surface area contributed by atoms with Crippen LogP contribution in [0, 0.1) is 23.3 Å². The Morgan fingerprint density at radius 1 is 0.667 bits per heavy atom. The largest absolute Gasteiger partial charge is 0.504 e. The van der Waals surface area contributed by atoms with Crippen molar-refractivity contribution in [2.75, 3.05) is 0 Å². The van der Waals surface area contributed by atoms with E-state index < -0.39 is 57.0 Å². The summed E-state index contributed by atoms with van der Waals surface area (Å²) in [5.74, 6) is -8.32. The van der Waals surface area contributed by atoms with Crippen LogP contribution in [-0.2, 0) is 12.4 Å². The van der Waals surface area contributed by atoms with Gasteiger partial charge >= 0.3 is 12.4 Å². The highest BCUT2D eigenvalue weighted by atomic mass is 79.9. The normalized spacial score (nSPS) is 11.9. The fraction of sp³-hybridized carbons (Fsp3) is 0.143. The summed E-state index contributed by atoms with van der Waals surface area (Å²) in [6, 6.07) is 1.47. The van der Waals surface area contributed by atoms with E-state index in [0.717, 1.165) is 0 Å². The van der Waals surface area contributed by atoms with Crippen LogP contribution in [0.4, 0.5) is 43.9 Å². The third kappa shape index (κ3) is 5.74. The first-order chi connectivity index (χ1) is 12.1. The van der Waals surface area contributed by atoms with Gasteiger partial charge in [-0.3, -0.25) is 0 Å². The minimum absolute atomic E-state index is 0.0736. The van der Waals surface area contributed by atoms with E-state index in [4.69, 9.17) is 5.11 Å². The maximum atomic E-state index is 12.8. The number of halogens is 12. The molecule has 0 atom stereocenters. The predicted octanol–water partition coefficient (Wildman–Crippen LogP) is 7.20. The van der Waals surface area contributed by atoms with Gasteiger partial charge in [0.05, 0.1) is 4.47 Å². The molecule has 0 saturated carbocycles. The molecule has 13 heteroatoms. The van der Waals surface area contributed by atoms with E-state index in [-0.39, 0.29) is 4.47 Å². The topological polar surface area (TPSA) is 20.2 Å². The van der Waals surface area contributed by atoms with Crippen LogP contribution in [0.2, 0.25) is 0 Å². The Balaban J connectivity index is 0.000000271. The summed E-state index contributed by atoms with van der Waals surface area (Å²) in [4.78, 5) is 0. The van der Waals surface area contributed by atoms with Crippen LogP contribution in [0.25, 0.3) is 0 Å². The van der Waals surface area contributed by atoms with E-state index in [1.807, 2.05) is 0 Å². The van der Waals surface area contributed by atoms with Gasteiger partial charge in [-0.15, -0.1) is 0 Å². The molecule has 0 saturated heterocycles. The van der Waals surface area contributed by atoms with Gasteiger partial charge in [-0.25, -0.2) is 17.6 Å². The van der Waals surface area contributed by atoms with Crippen LogP contribution in [0.5, 0.6) is 5.75 Å². The number of hydrogen-bond donors (Lipinski definition) is 1. The Hall–Kier alpha value is -1.50. The molecule has 0 aromatic heterocycles. The fourth-order valence-corrected chi connectivity index (χ4v) is 2.43. The van der Waals surface area contributed by atoms with Gasteiger partial charge in [0.1, 0.15) is 28.6 Å². The Morgan fingerprint density at radius 3 is 1.41 bits per heavy atom. The number of alkyl halides is 6. The molecule has 0 aliphatic heterocycles. The van der Waals surface area contributed by atoms with Crippen LogP contribution in [-0.4, -0.2) is 5.11 Å². The minimum Gasteiger partial charge on any atom is -0.504 e. The maximum absolute atomic E-state index is 12.8. The molecule has 0 spiro atoms. The lowest BCUT2D eigenvalue weighted by atomic mass is 10.2. The summed E-state index contributed by atoms with van der Waals surface area (Å²) >= 11 is 5.17. The standard InChI is InChI=1S/C7H2BrF5O.C7H2BrF5/c8-2-1-3(9)4(7(11,12)13)5(10)6(2)14;8-3-1-4(9)6(5(10)2-3)7(11,12)13/h1,14H;1-2H. The zero-order valence-electron chi connectivity index (χ0n) is 12.2. The Kier molecular flexibility index (Phi) is 7.19. The van der Waals surface area contributed by atoms with Gasteiger partial charge < -0.3 is 5.11 Å². The first kappa shape index (κ1) is 23.5. The zero-order chi connectivity index (χ0) is 21.3. The molecule has 2 aromatic rings. The van der Waals surface area contributed by atoms with Crippen LogP contribution in [0.1, 0.15) is 11.1 Å². The molecule has 1 nitrogen and oxygen atoms in total. The highest BCUT2D eigenvalue weighted by Crippen LogP contribution is 2.39. The molecular weight excluding hydrogens is 534 g/mol. The number of phenols is 1. The summed E-state index contributed by atoms with van der Waals surface area (Å²) in [6.45, 7) is 0. The summed E-state index contributed by atoms with van der Waals surface area (Å²) in [7, 11) is 0. The van der Waals surface area contributed by atoms with Gasteiger partial charge in [0.25, 0.3) is 0 Å². The third-order valence-corrected chi connectivity index (χ3v) is 3.78. The molecule has 0 heterocycles. The van der Waals surface area contributed by atoms with E-state index in [0.29, 0.717) is 18.2 Å². The van der Waals surface area contributed by atoms with Crippen molar-refractivity contribution in [3.8, 4) is 5.75 Å². The van der Waals surface area contributed by atoms with Crippen molar-refractivity contribution in [1.82, 2.24) is 0 Å². The Labute approximate surface area is 160 Å². The van der Waals surface area contributed by atoms with Crippen molar-refractivity contribution in [2.45, 2.75) is 12.4 Å².